The highest BCUT2D eigenvalue weighted by atomic mass is 35.5. The van der Waals surface area contributed by atoms with Gasteiger partial charge < -0.3 is 19.1 Å². The molecule has 4 heterocycles. The molecule has 2 fully saturated rings. The van der Waals surface area contributed by atoms with E-state index in [4.69, 9.17) is 25.8 Å². The third kappa shape index (κ3) is 6.94. The summed E-state index contributed by atoms with van der Waals surface area (Å²) in [6.07, 6.45) is 6.50. The number of nitrogens with one attached hydrogen (secondary N) is 1. The number of sulfonamides is 1. The Morgan fingerprint density at radius 2 is 1.61 bits per heavy atom. The van der Waals surface area contributed by atoms with E-state index in [0.29, 0.717) is 48.0 Å². The molecule has 57 heavy (non-hydrogen) atoms. The minimum atomic E-state index is -3.99. The summed E-state index contributed by atoms with van der Waals surface area (Å²) < 4.78 is 49.3. The fraction of sp³-hybridized carbons (Fsp3) is 0.523. The number of amides is 3. The summed E-state index contributed by atoms with van der Waals surface area (Å²) in [5, 5.41) is -0.0826. The van der Waals surface area contributed by atoms with Gasteiger partial charge in [-0.15, -0.1) is 0 Å². The average molecular weight is 816 g/mol. The highest BCUT2D eigenvalue weighted by Gasteiger charge is 2.48. The van der Waals surface area contributed by atoms with Crippen molar-refractivity contribution in [3.05, 3.63) is 93.5 Å². The van der Waals surface area contributed by atoms with Crippen molar-refractivity contribution in [2.24, 2.45) is 23.7 Å². The van der Waals surface area contributed by atoms with Gasteiger partial charge in [0.15, 0.2) is 6.29 Å². The Morgan fingerprint density at radius 3 is 2.33 bits per heavy atom. The van der Waals surface area contributed by atoms with Crippen LogP contribution in [0.3, 0.4) is 0 Å². The topological polar surface area (TPSA) is 132 Å². The monoisotopic (exact) mass is 815 g/mol. The van der Waals surface area contributed by atoms with Gasteiger partial charge in [0.2, 0.25) is 10.0 Å². The van der Waals surface area contributed by atoms with Gasteiger partial charge in [0.05, 0.1) is 47.9 Å². The van der Waals surface area contributed by atoms with E-state index in [1.54, 1.807) is 49.4 Å². The third-order valence-electron chi connectivity index (χ3n) is 13.9. The van der Waals surface area contributed by atoms with Gasteiger partial charge in [-0.3, -0.25) is 19.3 Å². The first-order valence-electron chi connectivity index (χ1n) is 20.5. The van der Waals surface area contributed by atoms with Crippen molar-refractivity contribution in [2.75, 3.05) is 37.8 Å². The van der Waals surface area contributed by atoms with Crippen LogP contribution in [0.1, 0.15) is 101 Å². The molecule has 1 saturated carbocycles. The Morgan fingerprint density at radius 1 is 0.860 bits per heavy atom. The second kappa shape index (κ2) is 15.0. The molecular formula is C44H50ClN3O8S. The molecule has 1 saturated heterocycles. The molecule has 4 aliphatic heterocycles. The van der Waals surface area contributed by atoms with Crippen LogP contribution in [0.2, 0.25) is 5.02 Å². The molecule has 13 heteroatoms. The van der Waals surface area contributed by atoms with Gasteiger partial charge in [0, 0.05) is 35.0 Å². The van der Waals surface area contributed by atoms with Crippen LogP contribution < -0.4 is 14.4 Å². The maximum absolute atomic E-state index is 13.7. The minimum absolute atomic E-state index is 0.0131. The number of aryl methyl sites for hydroxylation is 1. The van der Waals surface area contributed by atoms with Gasteiger partial charge in [-0.2, -0.15) is 0 Å². The summed E-state index contributed by atoms with van der Waals surface area (Å²) in [6, 6.07) is 17.8. The summed E-state index contributed by atoms with van der Waals surface area (Å²) in [4.78, 5) is 43.9. The van der Waals surface area contributed by atoms with Crippen LogP contribution in [0, 0.1) is 23.7 Å². The molecule has 0 aromatic heterocycles. The highest BCUT2D eigenvalue weighted by Crippen LogP contribution is 2.49. The molecular weight excluding hydrogens is 766 g/mol. The number of nitrogens with zero attached hydrogens (tertiary/aromatic N) is 2. The van der Waals surface area contributed by atoms with Crippen LogP contribution in [0.25, 0.3) is 0 Å². The molecule has 11 nitrogen and oxygen atoms in total. The van der Waals surface area contributed by atoms with Crippen molar-refractivity contribution in [2.45, 2.75) is 88.2 Å². The number of benzene rings is 3. The normalized spacial score (nSPS) is 32.6. The molecule has 3 aromatic rings. The van der Waals surface area contributed by atoms with Crippen molar-refractivity contribution in [1.29, 1.82) is 0 Å². The largest absolute Gasteiger partial charge is 0.490 e. The molecule has 1 spiro atoms. The van der Waals surface area contributed by atoms with Crippen molar-refractivity contribution >= 4 is 45.0 Å². The van der Waals surface area contributed by atoms with Gasteiger partial charge in [-0.25, -0.2) is 13.1 Å². The lowest BCUT2D eigenvalue weighted by Gasteiger charge is -2.49. The molecule has 9 rings (SSSR count). The smallest absolute Gasteiger partial charge is 0.264 e. The van der Waals surface area contributed by atoms with Crippen LogP contribution >= 0.6 is 11.6 Å². The molecule has 0 radical (unpaired) electrons. The Balaban J connectivity index is 1.03. The Kier molecular flexibility index (Phi) is 10.1. The SMILES string of the molecule is C[C@@H]1[C@@H](C)CCC[C@@H]([C@H]2OC[C@H](N3C(=O)c4ccccc4C3=O)CO2)[C@@H]2CC[C@H]2CN2C[C@@]3(CCCc4cc(Cl)ccc43)COc3ccc(cc32)C(=O)NS1(=O)=O. The molecule has 302 valence electrons. The first-order chi connectivity index (χ1) is 27.4. The molecule has 6 aliphatic rings. The minimum Gasteiger partial charge on any atom is -0.490 e. The summed E-state index contributed by atoms with van der Waals surface area (Å²) in [7, 11) is -3.99. The van der Waals surface area contributed by atoms with Crippen LogP contribution in [0.15, 0.2) is 60.7 Å². The summed E-state index contributed by atoms with van der Waals surface area (Å²) in [5.74, 6) is -0.287. The van der Waals surface area contributed by atoms with Crippen LogP contribution in [0.4, 0.5) is 5.69 Å². The van der Waals surface area contributed by atoms with E-state index in [1.165, 1.54) is 16.0 Å². The molecule has 0 unspecified atom stereocenters. The fourth-order valence-electron chi connectivity index (χ4n) is 10.4. The third-order valence-corrected chi connectivity index (χ3v) is 16.1. The quantitative estimate of drug-likeness (QED) is 0.279. The van der Waals surface area contributed by atoms with Gasteiger partial charge >= 0.3 is 0 Å². The van der Waals surface area contributed by atoms with E-state index in [1.807, 2.05) is 13.0 Å². The number of imide groups is 1. The number of carbonyl (C=O) groups excluding carboxylic acids is 3. The van der Waals surface area contributed by atoms with Gasteiger partial charge in [-0.05, 0) is 123 Å². The van der Waals surface area contributed by atoms with Gasteiger partial charge in [-0.1, -0.05) is 43.1 Å². The lowest BCUT2D eigenvalue weighted by atomic mass is 9.64. The maximum Gasteiger partial charge on any atom is 0.264 e. The van der Waals surface area contributed by atoms with Crippen molar-refractivity contribution in [3.8, 4) is 5.75 Å². The number of fused-ring (bicyclic) bond motifs is 5. The van der Waals surface area contributed by atoms with Crippen LogP contribution in [-0.2, 0) is 31.3 Å². The van der Waals surface area contributed by atoms with E-state index in [2.05, 4.69) is 21.8 Å². The van der Waals surface area contributed by atoms with Gasteiger partial charge in [0.25, 0.3) is 17.7 Å². The van der Waals surface area contributed by atoms with Crippen molar-refractivity contribution in [3.63, 3.8) is 0 Å². The Bertz CT molecular complexity index is 2170. The van der Waals surface area contributed by atoms with Gasteiger partial charge in [0.1, 0.15) is 5.75 Å². The Labute approximate surface area is 339 Å². The molecule has 2 aliphatic carbocycles. The zero-order chi connectivity index (χ0) is 39.6. The fourth-order valence-corrected chi connectivity index (χ4v) is 11.9. The molecule has 6 atom stereocenters. The van der Waals surface area contributed by atoms with E-state index in [-0.39, 0.29) is 59.7 Å². The number of carbonyl (C=O) groups is 3. The molecule has 2 bridgehead atoms. The average Bonchev–Trinajstić information content (AvgIpc) is 3.34. The second-order valence-corrected chi connectivity index (χ2v) is 19.7. The number of hydrogen-bond acceptors (Lipinski definition) is 9. The number of halogens is 1. The highest BCUT2D eigenvalue weighted by molar-refractivity contribution is 7.90. The standard InChI is InChI=1S/C44H50ClN3O8S/c1-26-7-5-11-36(43-54-22-32(23-55-43)48-41(50)34-9-3-4-10-35(34)42(48)51)33-15-12-30(33)21-47-24-44(18-6-8-28-19-31(45)14-16-37(28)44)25-56-39-17-13-29(20-38(39)47)40(49)46-57(52,53)27(26)2/h3-4,9-10,13-14,16-17,19-20,26-27,30,32-33,36,43H,5-8,11-12,15,18,21-25H2,1-2H3,(H,46,49)/t26-,27+,30-,32-,33+,36+,43-,44-/m0/s1. The molecule has 3 aromatic carbocycles. The second-order valence-electron chi connectivity index (χ2n) is 17.3. The zero-order valence-electron chi connectivity index (χ0n) is 32.5. The van der Waals surface area contributed by atoms with E-state index in [9.17, 15) is 22.8 Å². The summed E-state index contributed by atoms with van der Waals surface area (Å²) in [6.45, 7) is 5.79. The summed E-state index contributed by atoms with van der Waals surface area (Å²) in [5.41, 5.74) is 4.01. The summed E-state index contributed by atoms with van der Waals surface area (Å²) >= 11 is 6.49. The van der Waals surface area contributed by atoms with Crippen molar-refractivity contribution < 1.29 is 37.0 Å². The van der Waals surface area contributed by atoms with Crippen LogP contribution in [0.5, 0.6) is 5.75 Å². The maximum atomic E-state index is 13.7. The lowest BCUT2D eigenvalue weighted by Crippen LogP contribution is -2.54. The Hall–Kier alpha value is -3.97. The number of hydrogen-bond donors (Lipinski definition) is 1. The first-order valence-corrected chi connectivity index (χ1v) is 22.4. The predicted octanol–water partition coefficient (Wildman–Crippen LogP) is 6.76. The number of rotatable bonds is 2. The number of ether oxygens (including phenoxy) is 3. The van der Waals surface area contributed by atoms with E-state index < -0.39 is 33.5 Å². The molecule has 1 N–H and O–H groups in total. The first kappa shape index (κ1) is 38.5. The lowest BCUT2D eigenvalue weighted by molar-refractivity contribution is -0.237. The predicted molar refractivity (Wildman–Crippen MR) is 215 cm³/mol. The van der Waals surface area contributed by atoms with Crippen LogP contribution in [-0.4, -0.2) is 81.5 Å². The van der Waals surface area contributed by atoms with E-state index >= 15 is 0 Å². The molecule has 3 amide bonds. The number of anilines is 1. The van der Waals surface area contributed by atoms with Crippen molar-refractivity contribution in [1.82, 2.24) is 9.62 Å². The zero-order valence-corrected chi connectivity index (χ0v) is 34.0. The van der Waals surface area contributed by atoms with E-state index in [0.717, 1.165) is 50.6 Å².